The summed E-state index contributed by atoms with van der Waals surface area (Å²) >= 11 is 0. The number of nitrogens with two attached hydrogens (primary N) is 1. The highest BCUT2D eigenvalue weighted by molar-refractivity contribution is 6.39. The quantitative estimate of drug-likeness (QED) is 0.563. The van der Waals surface area contributed by atoms with Crippen molar-refractivity contribution in [1.29, 1.82) is 0 Å². The van der Waals surface area contributed by atoms with E-state index in [9.17, 15) is 9.59 Å². The molecule has 0 radical (unpaired) electrons. The molecule has 0 saturated heterocycles. The third-order valence-corrected chi connectivity index (χ3v) is 2.28. The fourth-order valence-corrected chi connectivity index (χ4v) is 1.23. The molecule has 1 heterocycles. The maximum atomic E-state index is 11.6. The van der Waals surface area contributed by atoms with Crippen LogP contribution in [0.15, 0.2) is 5.10 Å². The van der Waals surface area contributed by atoms with Gasteiger partial charge in [0.15, 0.2) is 0 Å². The van der Waals surface area contributed by atoms with Gasteiger partial charge < -0.3 is 11.1 Å². The number of hydrogen-bond acceptors (Lipinski definition) is 4. The lowest BCUT2D eigenvalue weighted by Gasteiger charge is -2.17. The summed E-state index contributed by atoms with van der Waals surface area (Å²) in [5, 5.41) is 6.45. The van der Waals surface area contributed by atoms with E-state index >= 15 is 0 Å². The third-order valence-electron chi connectivity index (χ3n) is 2.28. The van der Waals surface area contributed by atoms with E-state index in [0.717, 1.165) is 6.42 Å². The SMILES string of the molecule is CCC(CN)NC(=O)C1=NNC(=O)CC1. The molecule has 15 heavy (non-hydrogen) atoms. The Bertz CT molecular complexity index is 284. The van der Waals surface area contributed by atoms with Gasteiger partial charge in [0.1, 0.15) is 5.71 Å². The summed E-state index contributed by atoms with van der Waals surface area (Å²) in [5.41, 5.74) is 8.10. The van der Waals surface area contributed by atoms with E-state index in [1.54, 1.807) is 0 Å². The Morgan fingerprint density at radius 3 is 2.87 bits per heavy atom. The van der Waals surface area contributed by atoms with Gasteiger partial charge in [0, 0.05) is 25.4 Å². The molecule has 4 N–H and O–H groups in total. The number of hydrazone groups is 1. The number of rotatable bonds is 4. The second-order valence-electron chi connectivity index (χ2n) is 3.41. The molecule has 2 amide bonds. The lowest BCUT2D eigenvalue weighted by Crippen LogP contribution is -2.44. The zero-order chi connectivity index (χ0) is 11.3. The zero-order valence-electron chi connectivity index (χ0n) is 8.75. The second kappa shape index (κ2) is 5.45. The molecule has 6 heteroatoms. The molecule has 0 fully saturated rings. The zero-order valence-corrected chi connectivity index (χ0v) is 8.75. The molecular weight excluding hydrogens is 196 g/mol. The lowest BCUT2D eigenvalue weighted by atomic mass is 10.1. The fourth-order valence-electron chi connectivity index (χ4n) is 1.23. The van der Waals surface area contributed by atoms with Gasteiger partial charge in [-0.1, -0.05) is 6.92 Å². The Labute approximate surface area is 88.3 Å². The first-order valence-electron chi connectivity index (χ1n) is 5.03. The Balaban J connectivity index is 2.50. The monoisotopic (exact) mass is 212 g/mol. The molecule has 0 aromatic heterocycles. The molecule has 0 saturated carbocycles. The van der Waals surface area contributed by atoms with Crippen molar-refractivity contribution in [1.82, 2.24) is 10.7 Å². The van der Waals surface area contributed by atoms with Gasteiger partial charge in [-0.2, -0.15) is 5.10 Å². The van der Waals surface area contributed by atoms with Crippen molar-refractivity contribution >= 4 is 17.5 Å². The molecular formula is C9H16N4O2. The number of hydrogen-bond donors (Lipinski definition) is 3. The second-order valence-corrected chi connectivity index (χ2v) is 3.41. The topological polar surface area (TPSA) is 96.6 Å². The van der Waals surface area contributed by atoms with Gasteiger partial charge in [-0.3, -0.25) is 9.59 Å². The molecule has 1 unspecified atom stereocenters. The van der Waals surface area contributed by atoms with Gasteiger partial charge in [0.25, 0.3) is 5.91 Å². The van der Waals surface area contributed by atoms with Crippen molar-refractivity contribution < 1.29 is 9.59 Å². The van der Waals surface area contributed by atoms with Gasteiger partial charge in [0.05, 0.1) is 0 Å². The molecule has 1 aliphatic heterocycles. The maximum Gasteiger partial charge on any atom is 0.267 e. The van der Waals surface area contributed by atoms with E-state index < -0.39 is 0 Å². The minimum Gasteiger partial charge on any atom is -0.347 e. The minimum absolute atomic E-state index is 0.0298. The van der Waals surface area contributed by atoms with Gasteiger partial charge in [0.2, 0.25) is 5.91 Å². The number of nitrogens with one attached hydrogen (secondary N) is 2. The van der Waals surface area contributed by atoms with E-state index in [-0.39, 0.29) is 17.9 Å². The lowest BCUT2D eigenvalue weighted by molar-refractivity contribution is -0.121. The van der Waals surface area contributed by atoms with E-state index in [2.05, 4.69) is 15.8 Å². The van der Waals surface area contributed by atoms with Crippen LogP contribution >= 0.6 is 0 Å². The summed E-state index contributed by atoms with van der Waals surface area (Å²) in [5.74, 6) is -0.398. The van der Waals surface area contributed by atoms with Crippen LogP contribution in [-0.4, -0.2) is 30.1 Å². The summed E-state index contributed by atoms with van der Waals surface area (Å²) in [6.07, 6.45) is 1.48. The highest BCUT2D eigenvalue weighted by atomic mass is 16.2. The van der Waals surface area contributed by atoms with E-state index in [4.69, 9.17) is 5.73 Å². The maximum absolute atomic E-state index is 11.6. The van der Waals surface area contributed by atoms with Gasteiger partial charge in [-0.25, -0.2) is 5.43 Å². The van der Waals surface area contributed by atoms with Crippen molar-refractivity contribution in [3.8, 4) is 0 Å². The molecule has 1 rings (SSSR count). The molecule has 1 atom stereocenters. The van der Waals surface area contributed by atoms with E-state index in [1.165, 1.54) is 0 Å². The summed E-state index contributed by atoms with van der Waals surface area (Å²) in [4.78, 5) is 22.4. The van der Waals surface area contributed by atoms with Crippen molar-refractivity contribution in [3.63, 3.8) is 0 Å². The number of carbonyl (C=O) groups is 2. The summed E-state index contributed by atoms with van der Waals surface area (Å²) in [7, 11) is 0. The first-order valence-corrected chi connectivity index (χ1v) is 5.03. The standard InChI is InChI=1S/C9H16N4O2/c1-2-6(5-10)11-9(15)7-3-4-8(14)13-12-7/h6H,2-5,10H2,1H3,(H,11,15)(H,13,14). The minimum atomic E-state index is -0.243. The highest BCUT2D eigenvalue weighted by Crippen LogP contribution is 2.00. The molecule has 0 aromatic carbocycles. The molecule has 0 bridgehead atoms. The largest absolute Gasteiger partial charge is 0.347 e. The van der Waals surface area contributed by atoms with E-state index in [1.807, 2.05) is 6.92 Å². The van der Waals surface area contributed by atoms with Crippen LogP contribution in [0, 0.1) is 0 Å². The average molecular weight is 212 g/mol. The van der Waals surface area contributed by atoms with E-state index in [0.29, 0.717) is 25.1 Å². The Morgan fingerprint density at radius 1 is 1.67 bits per heavy atom. The van der Waals surface area contributed by atoms with Crippen LogP contribution in [0.5, 0.6) is 0 Å². The molecule has 84 valence electrons. The van der Waals surface area contributed by atoms with Crippen LogP contribution in [-0.2, 0) is 9.59 Å². The summed E-state index contributed by atoms with van der Waals surface area (Å²) < 4.78 is 0. The molecule has 6 nitrogen and oxygen atoms in total. The van der Waals surface area contributed by atoms with Crippen molar-refractivity contribution in [3.05, 3.63) is 0 Å². The smallest absolute Gasteiger partial charge is 0.267 e. The Hall–Kier alpha value is -1.43. The first kappa shape index (κ1) is 11.6. The fraction of sp³-hybridized carbons (Fsp3) is 0.667. The predicted octanol–water partition coefficient (Wildman–Crippen LogP) is -0.894. The van der Waals surface area contributed by atoms with Crippen LogP contribution in [0.1, 0.15) is 26.2 Å². The van der Waals surface area contributed by atoms with Crippen LogP contribution in [0.3, 0.4) is 0 Å². The molecule has 0 aliphatic carbocycles. The average Bonchev–Trinajstić information content (AvgIpc) is 2.26. The number of carbonyl (C=O) groups excluding carboxylic acids is 2. The molecule has 1 aliphatic rings. The molecule has 0 aromatic rings. The normalized spacial score (nSPS) is 17.7. The Kier molecular flexibility index (Phi) is 4.23. The van der Waals surface area contributed by atoms with Gasteiger partial charge in [-0.05, 0) is 6.42 Å². The van der Waals surface area contributed by atoms with Crippen LogP contribution in [0.4, 0.5) is 0 Å². The number of amides is 2. The van der Waals surface area contributed by atoms with Gasteiger partial charge >= 0.3 is 0 Å². The van der Waals surface area contributed by atoms with Crippen LogP contribution in [0.25, 0.3) is 0 Å². The Morgan fingerprint density at radius 2 is 2.40 bits per heavy atom. The van der Waals surface area contributed by atoms with Crippen molar-refractivity contribution in [2.24, 2.45) is 10.8 Å². The molecule has 0 spiro atoms. The highest BCUT2D eigenvalue weighted by Gasteiger charge is 2.19. The van der Waals surface area contributed by atoms with Crippen molar-refractivity contribution in [2.45, 2.75) is 32.2 Å². The van der Waals surface area contributed by atoms with Crippen LogP contribution in [0.2, 0.25) is 0 Å². The predicted molar refractivity (Wildman–Crippen MR) is 56.1 cm³/mol. The third kappa shape index (κ3) is 3.32. The first-order chi connectivity index (χ1) is 7.17. The summed E-state index contributed by atoms with van der Waals surface area (Å²) in [6, 6.07) is -0.0298. The number of nitrogens with zero attached hydrogens (tertiary/aromatic N) is 1. The summed E-state index contributed by atoms with van der Waals surface area (Å²) in [6.45, 7) is 2.35. The van der Waals surface area contributed by atoms with Crippen LogP contribution < -0.4 is 16.5 Å². The van der Waals surface area contributed by atoms with Crippen molar-refractivity contribution in [2.75, 3.05) is 6.54 Å². The van der Waals surface area contributed by atoms with Gasteiger partial charge in [-0.15, -0.1) is 0 Å².